The van der Waals surface area contributed by atoms with E-state index in [2.05, 4.69) is 72.9 Å². The van der Waals surface area contributed by atoms with Crippen LogP contribution in [0.3, 0.4) is 0 Å². The Bertz CT molecular complexity index is 2670. The zero-order valence-corrected chi connectivity index (χ0v) is 72.3. The quantitative estimate of drug-likeness (QED) is 0.0289. The van der Waals surface area contributed by atoms with Gasteiger partial charge in [-0.3, -0.25) is 52.7 Å². The van der Waals surface area contributed by atoms with Gasteiger partial charge in [-0.25, -0.2) is 0 Å². The summed E-state index contributed by atoms with van der Waals surface area (Å²) in [6.07, 6.45) is 16.2. The SMILES string of the molecule is CC(=O)OCC1OC(OCCCCC(=O)CCCCCC(=O)CCOCC(COCCC(=O)CCCCCC(=O)CC(C)CCOC2OC(COC(C)=O)C(C)C(C)C2C)(COCCC(=O)NCCCNC(=O)CCCCOC2OC(COC(C)=O)C(C)C(C)C2C)CC(=O)CCCCCCCCCCC(=O)O)C(C)C(C)C1C. The molecule has 0 aromatic rings. The fraction of sp³-hybridized carbons (Fsp3) is 0.875. The van der Waals surface area contributed by atoms with Crippen LogP contribution < -0.4 is 10.6 Å². The summed E-state index contributed by atoms with van der Waals surface area (Å²) in [4.78, 5) is 138. The molecule has 3 N–H and O–H groups in total. The number of unbranched alkanes of at least 4 members (excludes halogenated alkanes) is 13. The van der Waals surface area contributed by atoms with Crippen molar-refractivity contribution in [2.45, 2.75) is 339 Å². The van der Waals surface area contributed by atoms with E-state index in [1.807, 2.05) is 6.92 Å². The molecule has 0 aliphatic carbocycles. The summed E-state index contributed by atoms with van der Waals surface area (Å²) in [7, 11) is 0. The van der Waals surface area contributed by atoms with Gasteiger partial charge >= 0.3 is 23.9 Å². The van der Waals surface area contributed by atoms with Crippen molar-refractivity contribution in [1.29, 1.82) is 0 Å². The van der Waals surface area contributed by atoms with E-state index in [9.17, 15) is 52.7 Å². The highest BCUT2D eigenvalue weighted by Crippen LogP contribution is 2.39. The second-order valence-corrected chi connectivity index (χ2v) is 33.6. The first-order valence-corrected chi connectivity index (χ1v) is 43.7. The number of ether oxygens (including phenoxy) is 12. The normalized spacial score (nSPS) is 24.4. The first-order chi connectivity index (χ1) is 54.4. The van der Waals surface area contributed by atoms with Crippen LogP contribution in [0, 0.1) is 64.6 Å². The number of carboxylic acids is 1. The third-order valence-corrected chi connectivity index (χ3v) is 23.7. The molecule has 0 spiro atoms. The van der Waals surface area contributed by atoms with Gasteiger partial charge in [0.05, 0.1) is 64.6 Å². The van der Waals surface area contributed by atoms with Gasteiger partial charge in [-0.15, -0.1) is 0 Å². The molecule has 3 rings (SSSR count). The molecule has 3 fully saturated rings. The molecule has 3 saturated heterocycles. The van der Waals surface area contributed by atoms with E-state index in [0.29, 0.717) is 186 Å². The van der Waals surface area contributed by atoms with Crippen LogP contribution in [0.15, 0.2) is 0 Å². The summed E-state index contributed by atoms with van der Waals surface area (Å²) >= 11 is 0. The molecule has 0 saturated carbocycles. The van der Waals surface area contributed by atoms with Crippen molar-refractivity contribution in [1.82, 2.24) is 10.6 Å². The van der Waals surface area contributed by atoms with Gasteiger partial charge in [0, 0.05) is 154 Å². The maximum absolute atomic E-state index is 14.1. The van der Waals surface area contributed by atoms with Gasteiger partial charge in [-0.2, -0.15) is 0 Å². The topological polar surface area (TPSA) is 343 Å². The number of nitrogens with one attached hydrogen (secondary N) is 2. The van der Waals surface area contributed by atoms with Crippen molar-refractivity contribution in [2.24, 2.45) is 64.6 Å². The number of esters is 3. The molecule has 2 amide bonds. The highest BCUT2D eigenvalue weighted by Gasteiger charge is 2.43. The van der Waals surface area contributed by atoms with Gasteiger partial charge in [0.15, 0.2) is 18.9 Å². The lowest BCUT2D eigenvalue weighted by atomic mass is 9.79. The van der Waals surface area contributed by atoms with E-state index in [0.717, 1.165) is 44.9 Å². The van der Waals surface area contributed by atoms with Crippen molar-refractivity contribution >= 4 is 64.6 Å². The summed E-state index contributed by atoms with van der Waals surface area (Å²) in [5, 5.41) is 14.8. The van der Waals surface area contributed by atoms with Crippen LogP contribution >= 0.6 is 0 Å². The largest absolute Gasteiger partial charge is 0.481 e. The van der Waals surface area contributed by atoms with Crippen molar-refractivity contribution in [2.75, 3.05) is 92.4 Å². The van der Waals surface area contributed by atoms with E-state index >= 15 is 0 Å². The number of carbonyl (C=O) groups excluding carboxylic acids is 10. The Labute approximate surface area is 683 Å². The Morgan fingerprint density at radius 1 is 0.342 bits per heavy atom. The molecule has 0 aromatic heterocycles. The van der Waals surface area contributed by atoms with E-state index in [1.54, 1.807) is 0 Å². The van der Waals surface area contributed by atoms with Crippen LogP contribution in [-0.2, 0) is 110 Å². The van der Waals surface area contributed by atoms with Crippen LogP contribution in [0.4, 0.5) is 0 Å². The van der Waals surface area contributed by atoms with Crippen LogP contribution in [0.1, 0.15) is 302 Å². The Morgan fingerprint density at radius 3 is 1.05 bits per heavy atom. The van der Waals surface area contributed by atoms with Gasteiger partial charge in [0.2, 0.25) is 11.8 Å². The maximum Gasteiger partial charge on any atom is 0.303 e. The molecule has 0 radical (unpaired) electrons. The average molecular weight is 1620 g/mol. The standard InChI is InChI=1S/C88H152N2O24/c1-61(41-52-108-87-70(10)64(4)67(7)81(114-87)57-111-73(13)93)53-77(97)37-26-21-25-35-76(96)43-50-104-59-88(54-78(98)38-22-18-16-14-15-17-19-27-40-84(101)102,58-103-49-42-75(95)34-24-20-23-33-74(94)36-28-30-47-106-85-68(8)62(2)65(5)79(112-85)55-109-71(11)91)60-105-51-44-83(100)90-46-32-45-89-82(99)39-29-31-48-107-86-69(9)63(3)66(6)80(113-86)56-110-72(12)92/h61-70,79-81,85-87H,14-60H2,1-13H3,(H,89,99)(H,90,100)(H,101,102). The highest BCUT2D eigenvalue weighted by molar-refractivity contribution is 5.81. The minimum Gasteiger partial charge on any atom is -0.481 e. The molecule has 0 aromatic carbocycles. The van der Waals surface area contributed by atoms with E-state index in [4.69, 9.17) is 61.9 Å². The molecular formula is C88H152N2O24. The van der Waals surface area contributed by atoms with Gasteiger partial charge < -0.3 is 72.6 Å². The predicted octanol–water partition coefficient (Wildman–Crippen LogP) is 14.3. The number of Topliss-reactive ketones (excluding diaryl/α,β-unsaturated/α-hetero) is 5. The zero-order valence-electron chi connectivity index (χ0n) is 72.3. The summed E-state index contributed by atoms with van der Waals surface area (Å²) in [6.45, 7) is 27.9. The summed E-state index contributed by atoms with van der Waals surface area (Å²) in [6, 6.07) is 0. The number of ketones is 5. The summed E-state index contributed by atoms with van der Waals surface area (Å²) < 4.78 is 71.6. The number of carboxylic acid groups (broad SMARTS) is 1. The summed E-state index contributed by atoms with van der Waals surface area (Å²) in [5.74, 6) is 0.184. The van der Waals surface area contributed by atoms with Gasteiger partial charge in [0.25, 0.3) is 0 Å². The highest BCUT2D eigenvalue weighted by atomic mass is 16.7. The van der Waals surface area contributed by atoms with Crippen molar-refractivity contribution in [3.8, 4) is 0 Å². The van der Waals surface area contributed by atoms with Crippen LogP contribution in [0.2, 0.25) is 0 Å². The molecule has 3 heterocycles. The van der Waals surface area contributed by atoms with Crippen LogP contribution in [0.25, 0.3) is 0 Å². The molecule has 26 heteroatoms. The molecule has 3 aliphatic heterocycles. The predicted molar refractivity (Wildman–Crippen MR) is 431 cm³/mol. The molecular weight excluding hydrogens is 1470 g/mol. The molecule has 3 aliphatic rings. The molecule has 26 nitrogen and oxygen atoms in total. The lowest BCUT2D eigenvalue weighted by molar-refractivity contribution is -0.256. The lowest BCUT2D eigenvalue weighted by Gasteiger charge is -2.43. The number of rotatable bonds is 68. The van der Waals surface area contributed by atoms with Crippen molar-refractivity contribution in [3.05, 3.63) is 0 Å². The van der Waals surface area contributed by atoms with E-state index < -0.39 is 30.3 Å². The van der Waals surface area contributed by atoms with Crippen LogP contribution in [-0.4, -0.2) is 199 Å². The summed E-state index contributed by atoms with van der Waals surface area (Å²) in [5.41, 5.74) is -1.04. The first kappa shape index (κ1) is 103. The fourth-order valence-corrected chi connectivity index (χ4v) is 15.0. The van der Waals surface area contributed by atoms with Crippen molar-refractivity contribution < 1.29 is 115 Å². The van der Waals surface area contributed by atoms with Gasteiger partial charge in [-0.1, -0.05) is 121 Å². The second-order valence-electron chi connectivity index (χ2n) is 33.6. The van der Waals surface area contributed by atoms with Gasteiger partial charge in [-0.05, 0) is 118 Å². The number of carbonyl (C=O) groups is 11. The first-order valence-electron chi connectivity index (χ1n) is 43.7. The Kier molecular flexibility index (Phi) is 54.5. The lowest BCUT2D eigenvalue weighted by Crippen LogP contribution is -2.48. The smallest absolute Gasteiger partial charge is 0.303 e. The second kappa shape index (κ2) is 60.3. The Morgan fingerprint density at radius 2 is 0.658 bits per heavy atom. The molecule has 114 heavy (non-hydrogen) atoms. The van der Waals surface area contributed by atoms with E-state index in [-0.39, 0.29) is 210 Å². The molecule has 658 valence electrons. The maximum atomic E-state index is 14.1. The fourth-order valence-electron chi connectivity index (χ4n) is 15.0. The number of amides is 2. The minimum atomic E-state index is -1.04. The van der Waals surface area contributed by atoms with Gasteiger partial charge in [0.1, 0.15) is 48.7 Å². The van der Waals surface area contributed by atoms with E-state index in [1.165, 1.54) is 20.8 Å². The molecule has 17 atom stereocenters. The van der Waals surface area contributed by atoms with Crippen molar-refractivity contribution in [3.63, 3.8) is 0 Å². The Balaban J connectivity index is 1.54. The Hall–Kier alpha value is -5.19. The molecule has 0 bridgehead atoms. The monoisotopic (exact) mass is 1620 g/mol. The third kappa shape index (κ3) is 45.7. The average Bonchev–Trinajstić information content (AvgIpc) is 0.829. The number of aliphatic carboxylic acids is 1. The minimum absolute atomic E-state index is 0.000788. The number of hydrogen-bond acceptors (Lipinski definition) is 23. The number of hydrogen-bond donors (Lipinski definition) is 3. The third-order valence-electron chi connectivity index (χ3n) is 23.7. The zero-order chi connectivity index (χ0) is 84.2. The van der Waals surface area contributed by atoms with Crippen LogP contribution in [0.5, 0.6) is 0 Å². The molecule has 17 unspecified atom stereocenters.